The molecule has 0 aliphatic carbocycles. The van der Waals surface area contributed by atoms with Gasteiger partial charge in [-0.05, 0) is 18.2 Å². The lowest BCUT2D eigenvalue weighted by atomic mass is 10.2. The van der Waals surface area contributed by atoms with E-state index in [2.05, 4.69) is 0 Å². The standard InChI is InChI=1S/C12H6F2N2O5/c13-7-1-3-11(9(14)5-7)21-12-4-2-8(15(17)18)6-10(12)16(19)20/h1-6H. The summed E-state index contributed by atoms with van der Waals surface area (Å²) >= 11 is 0. The molecule has 0 spiro atoms. The largest absolute Gasteiger partial charge is 0.447 e. The zero-order valence-electron chi connectivity index (χ0n) is 10.2. The van der Waals surface area contributed by atoms with Gasteiger partial charge in [-0.15, -0.1) is 0 Å². The van der Waals surface area contributed by atoms with Gasteiger partial charge in [0.2, 0.25) is 5.75 Å². The molecular weight excluding hydrogens is 290 g/mol. The SMILES string of the molecule is O=[N+]([O-])c1ccc(Oc2ccc(F)cc2F)c([N+](=O)[O-])c1. The van der Waals surface area contributed by atoms with Crippen molar-refractivity contribution < 1.29 is 23.4 Å². The normalized spacial score (nSPS) is 10.2. The van der Waals surface area contributed by atoms with E-state index in [0.29, 0.717) is 12.1 Å². The third-order valence-corrected chi connectivity index (χ3v) is 2.46. The maximum absolute atomic E-state index is 13.4. The van der Waals surface area contributed by atoms with E-state index in [1.165, 1.54) is 0 Å². The zero-order valence-corrected chi connectivity index (χ0v) is 10.2. The summed E-state index contributed by atoms with van der Waals surface area (Å²) in [6.07, 6.45) is 0. The molecule has 0 bridgehead atoms. The fourth-order valence-electron chi connectivity index (χ4n) is 1.52. The van der Waals surface area contributed by atoms with Gasteiger partial charge in [0, 0.05) is 12.1 Å². The molecule has 0 saturated heterocycles. The lowest BCUT2D eigenvalue weighted by Crippen LogP contribution is -1.97. The van der Waals surface area contributed by atoms with Gasteiger partial charge >= 0.3 is 5.69 Å². The molecule has 0 N–H and O–H groups in total. The van der Waals surface area contributed by atoms with Gasteiger partial charge in [0.1, 0.15) is 5.82 Å². The number of nitrogens with zero attached hydrogens (tertiary/aromatic N) is 2. The average Bonchev–Trinajstić information content (AvgIpc) is 2.41. The van der Waals surface area contributed by atoms with Gasteiger partial charge in [-0.25, -0.2) is 8.78 Å². The van der Waals surface area contributed by atoms with Crippen LogP contribution in [0.2, 0.25) is 0 Å². The van der Waals surface area contributed by atoms with Crippen molar-refractivity contribution in [2.45, 2.75) is 0 Å². The highest BCUT2D eigenvalue weighted by atomic mass is 19.1. The lowest BCUT2D eigenvalue weighted by molar-refractivity contribution is -0.394. The molecular formula is C12H6F2N2O5. The summed E-state index contributed by atoms with van der Waals surface area (Å²) in [6.45, 7) is 0. The van der Waals surface area contributed by atoms with Gasteiger partial charge in [0.15, 0.2) is 11.6 Å². The molecule has 108 valence electrons. The molecule has 0 atom stereocenters. The predicted octanol–water partition coefficient (Wildman–Crippen LogP) is 3.57. The molecule has 0 fully saturated rings. The van der Waals surface area contributed by atoms with Crippen molar-refractivity contribution in [3.8, 4) is 11.5 Å². The van der Waals surface area contributed by atoms with Crippen LogP contribution in [0.1, 0.15) is 0 Å². The van der Waals surface area contributed by atoms with Crippen LogP contribution in [0, 0.1) is 31.9 Å². The number of nitro groups is 2. The van der Waals surface area contributed by atoms with Crippen LogP contribution in [0.4, 0.5) is 20.2 Å². The van der Waals surface area contributed by atoms with Crippen molar-refractivity contribution in [2.75, 3.05) is 0 Å². The number of halogens is 2. The van der Waals surface area contributed by atoms with E-state index >= 15 is 0 Å². The molecule has 0 amide bonds. The third-order valence-electron chi connectivity index (χ3n) is 2.46. The molecule has 21 heavy (non-hydrogen) atoms. The summed E-state index contributed by atoms with van der Waals surface area (Å²) in [6, 6.07) is 5.05. The second-order valence-electron chi connectivity index (χ2n) is 3.84. The minimum atomic E-state index is -1.05. The molecule has 2 aromatic carbocycles. The lowest BCUT2D eigenvalue weighted by Gasteiger charge is -2.07. The van der Waals surface area contributed by atoms with Crippen molar-refractivity contribution >= 4 is 11.4 Å². The van der Waals surface area contributed by atoms with Crippen molar-refractivity contribution in [3.63, 3.8) is 0 Å². The summed E-state index contributed by atoms with van der Waals surface area (Å²) < 4.78 is 31.2. The Bertz CT molecular complexity index is 736. The minimum Gasteiger partial charge on any atom is -0.447 e. The summed E-state index contributed by atoms with van der Waals surface area (Å²) in [5.74, 6) is -2.72. The molecule has 0 saturated carbocycles. The molecule has 0 aromatic heterocycles. The number of non-ortho nitro benzene ring substituents is 1. The molecule has 9 heteroatoms. The van der Waals surface area contributed by atoms with E-state index in [0.717, 1.165) is 24.3 Å². The number of benzene rings is 2. The van der Waals surface area contributed by atoms with Crippen LogP contribution in [0.5, 0.6) is 11.5 Å². The predicted molar refractivity (Wildman–Crippen MR) is 66.2 cm³/mol. The summed E-state index contributed by atoms with van der Waals surface area (Å²) in [4.78, 5) is 19.7. The Morgan fingerprint density at radius 3 is 2.14 bits per heavy atom. The van der Waals surface area contributed by atoms with Gasteiger partial charge in [0.25, 0.3) is 5.69 Å². The minimum absolute atomic E-state index is 0.392. The second-order valence-corrected chi connectivity index (χ2v) is 3.84. The fraction of sp³-hybridized carbons (Fsp3) is 0. The number of hydrogen-bond donors (Lipinski definition) is 0. The summed E-state index contributed by atoms with van der Waals surface area (Å²) in [7, 11) is 0. The van der Waals surface area contributed by atoms with Crippen LogP contribution < -0.4 is 4.74 Å². The average molecular weight is 296 g/mol. The monoisotopic (exact) mass is 296 g/mol. The van der Waals surface area contributed by atoms with E-state index in [-0.39, 0.29) is 0 Å². The van der Waals surface area contributed by atoms with Crippen LogP contribution in [-0.4, -0.2) is 9.85 Å². The molecule has 0 radical (unpaired) electrons. The highest BCUT2D eigenvalue weighted by molar-refractivity contribution is 5.54. The van der Waals surface area contributed by atoms with Gasteiger partial charge in [0.05, 0.1) is 15.9 Å². The van der Waals surface area contributed by atoms with Crippen molar-refractivity contribution in [1.29, 1.82) is 0 Å². The van der Waals surface area contributed by atoms with Crippen LogP contribution >= 0.6 is 0 Å². The Balaban J connectivity index is 2.44. The quantitative estimate of drug-likeness (QED) is 0.634. The maximum Gasteiger partial charge on any atom is 0.318 e. The summed E-state index contributed by atoms with van der Waals surface area (Å²) in [5.41, 5.74) is -1.21. The number of rotatable bonds is 4. The topological polar surface area (TPSA) is 95.5 Å². The van der Waals surface area contributed by atoms with Crippen molar-refractivity contribution in [3.05, 3.63) is 68.3 Å². The maximum atomic E-state index is 13.4. The van der Waals surface area contributed by atoms with Crippen LogP contribution in [-0.2, 0) is 0 Å². The van der Waals surface area contributed by atoms with Crippen LogP contribution in [0.15, 0.2) is 36.4 Å². The van der Waals surface area contributed by atoms with E-state index in [4.69, 9.17) is 4.74 Å². The van der Waals surface area contributed by atoms with E-state index in [9.17, 15) is 29.0 Å². The first-order valence-corrected chi connectivity index (χ1v) is 5.44. The third kappa shape index (κ3) is 3.08. The first kappa shape index (κ1) is 14.3. The molecule has 0 aliphatic rings. The van der Waals surface area contributed by atoms with E-state index in [1.807, 2.05) is 0 Å². The Labute approximate surface area is 115 Å². The van der Waals surface area contributed by atoms with Gasteiger partial charge in [-0.1, -0.05) is 0 Å². The molecule has 2 rings (SSSR count). The van der Waals surface area contributed by atoms with Gasteiger partial charge in [-0.2, -0.15) is 0 Å². The number of hydrogen-bond acceptors (Lipinski definition) is 5. The number of ether oxygens (including phenoxy) is 1. The smallest absolute Gasteiger partial charge is 0.318 e. The van der Waals surface area contributed by atoms with Gasteiger partial charge in [-0.3, -0.25) is 20.2 Å². The first-order valence-electron chi connectivity index (χ1n) is 5.44. The van der Waals surface area contributed by atoms with E-state index < -0.39 is 44.4 Å². The highest BCUT2D eigenvalue weighted by Gasteiger charge is 2.22. The summed E-state index contributed by atoms with van der Waals surface area (Å²) in [5, 5.41) is 21.5. The molecule has 2 aromatic rings. The Hall–Kier alpha value is -3.10. The molecule has 0 unspecified atom stereocenters. The first-order chi connectivity index (χ1) is 9.88. The molecule has 0 aliphatic heterocycles. The Kier molecular flexibility index (Phi) is 3.74. The van der Waals surface area contributed by atoms with Crippen molar-refractivity contribution in [2.24, 2.45) is 0 Å². The van der Waals surface area contributed by atoms with Crippen LogP contribution in [0.3, 0.4) is 0 Å². The molecule has 0 heterocycles. The van der Waals surface area contributed by atoms with Crippen molar-refractivity contribution in [1.82, 2.24) is 0 Å². The Morgan fingerprint density at radius 2 is 1.57 bits per heavy atom. The number of nitro benzene ring substituents is 2. The molecule has 7 nitrogen and oxygen atoms in total. The van der Waals surface area contributed by atoms with E-state index in [1.54, 1.807) is 0 Å². The second kappa shape index (κ2) is 5.49. The fourth-order valence-corrected chi connectivity index (χ4v) is 1.52. The Morgan fingerprint density at radius 1 is 0.905 bits per heavy atom. The zero-order chi connectivity index (χ0) is 15.6. The van der Waals surface area contributed by atoms with Gasteiger partial charge < -0.3 is 4.74 Å². The highest BCUT2D eigenvalue weighted by Crippen LogP contribution is 2.35. The van der Waals surface area contributed by atoms with Crippen LogP contribution in [0.25, 0.3) is 0 Å².